The molecule has 10 nitrogen and oxygen atoms in total. The van der Waals surface area contributed by atoms with E-state index in [9.17, 15) is 4.79 Å². The quantitative estimate of drug-likeness (QED) is 0.293. The van der Waals surface area contributed by atoms with Crippen molar-refractivity contribution in [3.63, 3.8) is 0 Å². The highest BCUT2D eigenvalue weighted by Crippen LogP contribution is 2.28. The number of aromatic nitrogens is 4. The number of allylic oxidation sites excluding steroid dienone is 2. The third-order valence-corrected chi connectivity index (χ3v) is 7.35. The van der Waals surface area contributed by atoms with Gasteiger partial charge in [0, 0.05) is 38.8 Å². The minimum Gasteiger partial charge on any atom is -0.353 e. The van der Waals surface area contributed by atoms with E-state index < -0.39 is 0 Å². The SMILES string of the molecule is C=CC=NC(=CC)N1CCN(c2nc(CC(C)C)nc(Nc3ncc(C(=O)Nc4c(C)cccc4Cl)s3)n2)CC1. The van der Waals surface area contributed by atoms with Crippen LogP contribution in [0.2, 0.25) is 5.02 Å². The van der Waals surface area contributed by atoms with Crippen molar-refractivity contribution in [1.82, 2.24) is 24.8 Å². The van der Waals surface area contributed by atoms with Gasteiger partial charge in [0.1, 0.15) is 16.5 Å². The maximum atomic E-state index is 12.9. The first-order valence-electron chi connectivity index (χ1n) is 13.1. The standard InChI is InChI=1S/C28H34ClN9OS/c1-6-11-30-23(7-2)37-12-14-38(15-13-37)27-33-22(16-18(3)4)32-26(35-27)36-28-31-17-21(40-28)25(39)34-24-19(5)9-8-10-20(24)29/h6-11,17-18H,1,12-16H2,2-5H3,(H,34,39)(H,31,32,33,35,36). The summed E-state index contributed by atoms with van der Waals surface area (Å²) < 4.78 is 0. The molecule has 210 valence electrons. The third kappa shape index (κ3) is 7.42. The van der Waals surface area contributed by atoms with Gasteiger partial charge in [-0.15, -0.1) is 0 Å². The average Bonchev–Trinajstić information content (AvgIpc) is 3.39. The van der Waals surface area contributed by atoms with Crippen LogP contribution in [0.15, 0.2) is 53.9 Å². The second-order valence-electron chi connectivity index (χ2n) is 9.65. The molecule has 1 amide bonds. The Labute approximate surface area is 243 Å². The van der Waals surface area contributed by atoms with Gasteiger partial charge in [-0.3, -0.25) is 10.1 Å². The van der Waals surface area contributed by atoms with Crippen molar-refractivity contribution in [2.45, 2.75) is 34.1 Å². The Hall–Kier alpha value is -3.83. The molecule has 12 heteroatoms. The van der Waals surface area contributed by atoms with Crippen molar-refractivity contribution in [3.8, 4) is 0 Å². The number of thiazole rings is 1. The summed E-state index contributed by atoms with van der Waals surface area (Å²) in [5, 5.41) is 7.06. The summed E-state index contributed by atoms with van der Waals surface area (Å²) in [6, 6.07) is 5.48. The minimum absolute atomic E-state index is 0.283. The summed E-state index contributed by atoms with van der Waals surface area (Å²) in [7, 11) is 0. The molecule has 0 unspecified atom stereocenters. The fourth-order valence-electron chi connectivity index (χ4n) is 4.16. The van der Waals surface area contributed by atoms with E-state index in [1.807, 2.05) is 32.1 Å². The van der Waals surface area contributed by atoms with E-state index in [0.29, 0.717) is 50.8 Å². The van der Waals surface area contributed by atoms with E-state index in [4.69, 9.17) is 21.6 Å². The molecule has 2 N–H and O–H groups in total. The summed E-state index contributed by atoms with van der Waals surface area (Å²) in [6.07, 6.45) is 7.62. The van der Waals surface area contributed by atoms with Gasteiger partial charge in [0.25, 0.3) is 5.91 Å². The van der Waals surface area contributed by atoms with Crippen LogP contribution in [0.25, 0.3) is 0 Å². The second kappa shape index (κ2) is 13.5. The molecule has 0 bridgehead atoms. The van der Waals surface area contributed by atoms with Crippen LogP contribution in [0.3, 0.4) is 0 Å². The van der Waals surface area contributed by atoms with Gasteiger partial charge in [-0.1, -0.05) is 61.6 Å². The molecule has 0 radical (unpaired) electrons. The van der Waals surface area contributed by atoms with Crippen molar-refractivity contribution in [3.05, 3.63) is 70.2 Å². The number of piperazine rings is 1. The van der Waals surface area contributed by atoms with Crippen LogP contribution in [-0.4, -0.2) is 63.1 Å². The maximum Gasteiger partial charge on any atom is 0.267 e. The zero-order valence-corrected chi connectivity index (χ0v) is 24.8. The summed E-state index contributed by atoms with van der Waals surface area (Å²) in [5.41, 5.74) is 1.47. The minimum atomic E-state index is -0.283. The normalized spacial score (nSPS) is 14.2. The summed E-state index contributed by atoms with van der Waals surface area (Å²) in [5.74, 6) is 2.74. The summed E-state index contributed by atoms with van der Waals surface area (Å²) in [6.45, 7) is 14.9. The van der Waals surface area contributed by atoms with Crippen LogP contribution in [-0.2, 0) is 6.42 Å². The molecule has 0 aliphatic carbocycles. The number of carbonyl (C=O) groups excluding carboxylic acids is 1. The average molecular weight is 580 g/mol. The number of carbonyl (C=O) groups is 1. The molecule has 40 heavy (non-hydrogen) atoms. The molecule has 2 aromatic heterocycles. The van der Waals surface area contributed by atoms with E-state index in [2.05, 4.69) is 55.8 Å². The van der Waals surface area contributed by atoms with Crippen molar-refractivity contribution in [2.24, 2.45) is 10.9 Å². The Bertz CT molecular complexity index is 1390. The predicted octanol–water partition coefficient (Wildman–Crippen LogP) is 5.72. The lowest BCUT2D eigenvalue weighted by Gasteiger charge is -2.36. The zero-order chi connectivity index (χ0) is 28.6. The number of para-hydroxylation sites is 1. The first-order chi connectivity index (χ1) is 19.3. The fraction of sp³-hybridized carbons (Fsp3) is 0.357. The highest BCUT2D eigenvalue weighted by molar-refractivity contribution is 7.17. The Morgan fingerprint density at radius 1 is 1.23 bits per heavy atom. The zero-order valence-electron chi connectivity index (χ0n) is 23.2. The predicted molar refractivity (Wildman–Crippen MR) is 164 cm³/mol. The molecule has 1 saturated heterocycles. The Morgan fingerprint density at radius 3 is 2.67 bits per heavy atom. The molecule has 1 aromatic carbocycles. The van der Waals surface area contributed by atoms with Crippen molar-refractivity contribution in [2.75, 3.05) is 41.7 Å². The monoisotopic (exact) mass is 579 g/mol. The molecule has 1 aliphatic rings. The molecule has 3 aromatic rings. The number of nitrogens with zero attached hydrogens (tertiary/aromatic N) is 7. The van der Waals surface area contributed by atoms with Crippen molar-refractivity contribution < 1.29 is 4.79 Å². The number of hydrogen-bond acceptors (Lipinski definition) is 10. The molecule has 1 fully saturated rings. The van der Waals surface area contributed by atoms with Crippen LogP contribution < -0.4 is 15.5 Å². The van der Waals surface area contributed by atoms with Crippen molar-refractivity contribution in [1.29, 1.82) is 0 Å². The van der Waals surface area contributed by atoms with Crippen LogP contribution >= 0.6 is 22.9 Å². The van der Waals surface area contributed by atoms with E-state index in [1.54, 1.807) is 18.4 Å². The van der Waals surface area contributed by atoms with Gasteiger partial charge < -0.3 is 15.1 Å². The van der Waals surface area contributed by atoms with E-state index in [-0.39, 0.29) is 5.91 Å². The van der Waals surface area contributed by atoms with Gasteiger partial charge in [-0.2, -0.15) is 15.0 Å². The molecular weight excluding hydrogens is 546 g/mol. The molecule has 0 saturated carbocycles. The second-order valence-corrected chi connectivity index (χ2v) is 11.1. The van der Waals surface area contributed by atoms with E-state index in [0.717, 1.165) is 37.6 Å². The highest BCUT2D eigenvalue weighted by atomic mass is 35.5. The lowest BCUT2D eigenvalue weighted by molar-refractivity contribution is 0.103. The van der Waals surface area contributed by atoms with Crippen molar-refractivity contribution >= 4 is 57.8 Å². The van der Waals surface area contributed by atoms with E-state index in [1.165, 1.54) is 17.5 Å². The molecule has 0 atom stereocenters. The van der Waals surface area contributed by atoms with Crippen LogP contribution in [0.1, 0.15) is 41.8 Å². The lowest BCUT2D eigenvalue weighted by atomic mass is 10.1. The number of aliphatic imine (C=N–C) groups is 1. The smallest absolute Gasteiger partial charge is 0.267 e. The summed E-state index contributed by atoms with van der Waals surface area (Å²) in [4.78, 5) is 40.7. The van der Waals surface area contributed by atoms with Gasteiger partial charge >= 0.3 is 0 Å². The number of anilines is 4. The molecule has 1 aliphatic heterocycles. The fourth-order valence-corrected chi connectivity index (χ4v) is 5.14. The topological polar surface area (TPSA) is 112 Å². The Morgan fingerprint density at radius 2 is 2.00 bits per heavy atom. The third-order valence-electron chi connectivity index (χ3n) is 6.13. The number of amides is 1. The van der Waals surface area contributed by atoms with Crippen LogP contribution in [0.4, 0.5) is 22.7 Å². The maximum absolute atomic E-state index is 12.9. The van der Waals surface area contributed by atoms with Crippen LogP contribution in [0, 0.1) is 12.8 Å². The Balaban J connectivity index is 1.49. The lowest BCUT2D eigenvalue weighted by Crippen LogP contribution is -2.46. The highest BCUT2D eigenvalue weighted by Gasteiger charge is 2.22. The summed E-state index contributed by atoms with van der Waals surface area (Å²) >= 11 is 7.49. The van der Waals surface area contributed by atoms with Gasteiger partial charge in [0.15, 0.2) is 5.13 Å². The van der Waals surface area contributed by atoms with E-state index >= 15 is 0 Å². The Kier molecular flexibility index (Phi) is 9.84. The van der Waals surface area contributed by atoms with Crippen LogP contribution in [0.5, 0.6) is 0 Å². The number of nitrogens with one attached hydrogen (secondary N) is 2. The first-order valence-corrected chi connectivity index (χ1v) is 14.3. The van der Waals surface area contributed by atoms with Gasteiger partial charge in [-0.05, 0) is 37.5 Å². The van der Waals surface area contributed by atoms with Gasteiger partial charge in [0.05, 0.1) is 16.9 Å². The first kappa shape index (κ1) is 29.2. The molecular formula is C28H34ClN9OS. The molecule has 3 heterocycles. The number of halogens is 1. The number of hydrogen-bond donors (Lipinski definition) is 2. The van der Waals surface area contributed by atoms with Gasteiger partial charge in [0.2, 0.25) is 11.9 Å². The number of rotatable bonds is 10. The number of aryl methyl sites for hydroxylation is 1. The van der Waals surface area contributed by atoms with Gasteiger partial charge in [-0.25, -0.2) is 9.98 Å². The molecule has 4 rings (SSSR count). The molecule has 0 spiro atoms. The largest absolute Gasteiger partial charge is 0.353 e. The number of benzene rings is 1.